The van der Waals surface area contributed by atoms with Crippen LogP contribution in [0.15, 0.2) is 40.6 Å². The summed E-state index contributed by atoms with van der Waals surface area (Å²) in [7, 11) is -3.94. The lowest BCUT2D eigenvalue weighted by molar-refractivity contribution is -0.145. The average molecular weight is 464 g/mol. The summed E-state index contributed by atoms with van der Waals surface area (Å²) < 4.78 is 27.1. The molecule has 1 fully saturated rings. The third-order valence-electron chi connectivity index (χ3n) is 5.85. The minimum atomic E-state index is -3.94. The molecule has 0 spiro atoms. The Morgan fingerprint density at radius 1 is 1.13 bits per heavy atom. The first-order valence-electron chi connectivity index (χ1n) is 10.1. The molecule has 1 unspecified atom stereocenters. The number of aliphatic carboxylic acids is 1. The van der Waals surface area contributed by atoms with Gasteiger partial charge in [-0.2, -0.15) is 4.31 Å². The molecule has 8 nitrogen and oxygen atoms in total. The smallest absolute Gasteiger partial charge is 0.323 e. The van der Waals surface area contributed by atoms with Crippen molar-refractivity contribution >= 4 is 33.2 Å². The lowest BCUT2D eigenvalue weighted by atomic mass is 10.1. The molecular formula is C21H25N3O5S2. The molecule has 2 aliphatic heterocycles. The van der Waals surface area contributed by atoms with Crippen molar-refractivity contribution < 1.29 is 23.1 Å². The molecule has 1 saturated heterocycles. The highest BCUT2D eigenvalue weighted by atomic mass is 32.2. The maximum absolute atomic E-state index is 13.1. The summed E-state index contributed by atoms with van der Waals surface area (Å²) in [5.74, 6) is -1.27. The molecule has 0 saturated carbocycles. The highest BCUT2D eigenvalue weighted by Gasteiger charge is 2.40. The van der Waals surface area contributed by atoms with Crippen LogP contribution in [-0.4, -0.2) is 78.3 Å². The second-order valence-electron chi connectivity index (χ2n) is 7.95. The number of aryl methyl sites for hydroxylation is 1. The number of benzene rings is 1. The van der Waals surface area contributed by atoms with Gasteiger partial charge in [-0.1, -0.05) is 17.7 Å². The van der Waals surface area contributed by atoms with Crippen LogP contribution < -0.4 is 0 Å². The second kappa shape index (κ2) is 8.70. The highest BCUT2D eigenvalue weighted by Crippen LogP contribution is 2.25. The van der Waals surface area contributed by atoms with E-state index in [9.17, 15) is 23.1 Å². The molecule has 1 atom stereocenters. The second-order valence-corrected chi connectivity index (χ2v) is 10.8. The third-order valence-corrected chi connectivity index (χ3v) is 8.79. The van der Waals surface area contributed by atoms with Crippen LogP contribution in [0, 0.1) is 6.92 Å². The number of carbonyl (C=O) groups is 2. The van der Waals surface area contributed by atoms with Gasteiger partial charge in [0.15, 0.2) is 0 Å². The van der Waals surface area contributed by atoms with E-state index in [-0.39, 0.29) is 30.4 Å². The molecule has 31 heavy (non-hydrogen) atoms. The number of rotatable bonds is 5. The van der Waals surface area contributed by atoms with E-state index < -0.39 is 22.0 Å². The van der Waals surface area contributed by atoms with Gasteiger partial charge >= 0.3 is 5.97 Å². The van der Waals surface area contributed by atoms with Gasteiger partial charge in [0.25, 0.3) is 0 Å². The van der Waals surface area contributed by atoms with Crippen molar-refractivity contribution in [2.45, 2.75) is 30.8 Å². The molecule has 4 rings (SSSR count). The van der Waals surface area contributed by atoms with Crippen LogP contribution in [-0.2, 0) is 32.6 Å². The Morgan fingerprint density at radius 2 is 1.87 bits per heavy atom. The van der Waals surface area contributed by atoms with E-state index in [2.05, 4.69) is 0 Å². The molecule has 0 radical (unpaired) electrons. The topological polar surface area (TPSA) is 98.2 Å². The number of carbonyl (C=O) groups excluding carboxylic acids is 1. The minimum absolute atomic E-state index is 0.0230. The molecule has 1 amide bonds. The van der Waals surface area contributed by atoms with Gasteiger partial charge in [0.2, 0.25) is 15.9 Å². The lowest BCUT2D eigenvalue weighted by Crippen LogP contribution is -2.59. The van der Waals surface area contributed by atoms with Gasteiger partial charge in [-0.05, 0) is 42.5 Å². The van der Waals surface area contributed by atoms with Crippen LogP contribution in [0.5, 0.6) is 0 Å². The van der Waals surface area contributed by atoms with E-state index in [0.717, 1.165) is 16.3 Å². The molecule has 1 aromatic heterocycles. The number of hydrogen-bond donors (Lipinski definition) is 1. The number of piperazine rings is 1. The van der Waals surface area contributed by atoms with Crippen molar-refractivity contribution in [2.75, 3.05) is 32.7 Å². The number of amides is 1. The van der Waals surface area contributed by atoms with Gasteiger partial charge < -0.3 is 10.0 Å². The Labute approximate surface area is 185 Å². The van der Waals surface area contributed by atoms with Crippen LogP contribution in [0.3, 0.4) is 0 Å². The van der Waals surface area contributed by atoms with Gasteiger partial charge in [-0.15, -0.1) is 11.3 Å². The normalized spacial score (nSPS) is 20.4. The van der Waals surface area contributed by atoms with E-state index in [1.807, 2.05) is 18.4 Å². The van der Waals surface area contributed by atoms with Crippen LogP contribution in [0.4, 0.5) is 0 Å². The maximum atomic E-state index is 13.1. The molecule has 10 heteroatoms. The lowest BCUT2D eigenvalue weighted by Gasteiger charge is -2.39. The Hall–Kier alpha value is -2.27. The van der Waals surface area contributed by atoms with Gasteiger partial charge in [0.1, 0.15) is 6.04 Å². The summed E-state index contributed by atoms with van der Waals surface area (Å²) in [6, 6.07) is 7.17. The predicted octanol–water partition coefficient (Wildman–Crippen LogP) is 1.40. The number of fused-ring (bicyclic) bond motifs is 1. The summed E-state index contributed by atoms with van der Waals surface area (Å²) >= 11 is 1.70. The minimum Gasteiger partial charge on any atom is -0.480 e. The highest BCUT2D eigenvalue weighted by molar-refractivity contribution is 7.89. The van der Waals surface area contributed by atoms with Crippen molar-refractivity contribution in [1.29, 1.82) is 0 Å². The molecule has 0 aliphatic carbocycles. The summed E-state index contributed by atoms with van der Waals surface area (Å²) in [6.45, 7) is 3.46. The Bertz CT molecular complexity index is 1080. The SMILES string of the molecule is Cc1ccc(S(=O)(=O)N2CCN(CC(=O)N3CCc4sccc4C3)CC2C(=O)O)cc1. The number of hydrogen-bond acceptors (Lipinski definition) is 6. The number of sulfonamides is 1. The van der Waals surface area contributed by atoms with E-state index in [1.54, 1.807) is 33.3 Å². The fourth-order valence-corrected chi connectivity index (χ4v) is 6.51. The molecular weight excluding hydrogens is 438 g/mol. The van der Waals surface area contributed by atoms with Gasteiger partial charge in [-0.3, -0.25) is 14.5 Å². The average Bonchev–Trinajstić information content (AvgIpc) is 3.21. The number of carboxylic acid groups (broad SMARTS) is 1. The molecule has 1 aromatic carbocycles. The predicted molar refractivity (Wildman–Crippen MR) is 116 cm³/mol. The van der Waals surface area contributed by atoms with Crippen LogP contribution in [0.1, 0.15) is 16.0 Å². The Kier molecular flexibility index (Phi) is 6.16. The van der Waals surface area contributed by atoms with E-state index in [1.165, 1.54) is 22.6 Å². The van der Waals surface area contributed by atoms with E-state index in [4.69, 9.17) is 0 Å². The van der Waals surface area contributed by atoms with Crippen LogP contribution in [0.25, 0.3) is 0 Å². The van der Waals surface area contributed by atoms with E-state index in [0.29, 0.717) is 19.6 Å². The maximum Gasteiger partial charge on any atom is 0.323 e. The number of thiophene rings is 1. The molecule has 1 N–H and O–H groups in total. The Morgan fingerprint density at radius 3 is 2.58 bits per heavy atom. The summed E-state index contributed by atoms with van der Waals surface area (Å²) in [6.07, 6.45) is 0.832. The quantitative estimate of drug-likeness (QED) is 0.720. The summed E-state index contributed by atoms with van der Waals surface area (Å²) in [5.41, 5.74) is 2.09. The van der Waals surface area contributed by atoms with Crippen molar-refractivity contribution in [2.24, 2.45) is 0 Å². The van der Waals surface area contributed by atoms with Crippen molar-refractivity contribution in [3.05, 3.63) is 51.7 Å². The molecule has 2 aromatic rings. The molecule has 3 heterocycles. The fraction of sp³-hybridized carbons (Fsp3) is 0.429. The first kappa shape index (κ1) is 21.9. The number of nitrogens with zero attached hydrogens (tertiary/aromatic N) is 3. The molecule has 2 aliphatic rings. The zero-order valence-electron chi connectivity index (χ0n) is 17.2. The van der Waals surface area contributed by atoms with Crippen LogP contribution >= 0.6 is 11.3 Å². The zero-order valence-corrected chi connectivity index (χ0v) is 18.9. The van der Waals surface area contributed by atoms with Crippen molar-refractivity contribution in [3.8, 4) is 0 Å². The fourth-order valence-electron chi connectivity index (χ4n) is 4.05. The monoisotopic (exact) mass is 463 g/mol. The first-order chi connectivity index (χ1) is 14.8. The Balaban J connectivity index is 1.44. The largest absolute Gasteiger partial charge is 0.480 e. The van der Waals surface area contributed by atoms with Gasteiger partial charge in [0.05, 0.1) is 11.4 Å². The van der Waals surface area contributed by atoms with Crippen LogP contribution in [0.2, 0.25) is 0 Å². The third kappa shape index (κ3) is 4.52. The molecule has 0 bridgehead atoms. The van der Waals surface area contributed by atoms with Crippen molar-refractivity contribution in [1.82, 2.24) is 14.1 Å². The zero-order chi connectivity index (χ0) is 22.2. The summed E-state index contributed by atoms with van der Waals surface area (Å²) in [4.78, 5) is 29.6. The summed E-state index contributed by atoms with van der Waals surface area (Å²) in [5, 5.41) is 11.8. The number of carboxylic acids is 1. The van der Waals surface area contributed by atoms with Crippen molar-refractivity contribution in [3.63, 3.8) is 0 Å². The standard InChI is InChI=1S/C21H25N3O5S2/c1-15-2-4-17(5-3-15)31(28,29)24-10-9-22(13-18(24)21(26)27)14-20(25)23-8-6-19-16(12-23)7-11-30-19/h2-5,7,11,18H,6,8-10,12-14H2,1H3,(H,26,27). The van der Waals surface area contributed by atoms with Gasteiger partial charge in [0, 0.05) is 37.6 Å². The first-order valence-corrected chi connectivity index (χ1v) is 12.4. The van der Waals surface area contributed by atoms with Gasteiger partial charge in [-0.25, -0.2) is 8.42 Å². The van der Waals surface area contributed by atoms with E-state index >= 15 is 0 Å². The molecule has 166 valence electrons.